The molecule has 0 radical (unpaired) electrons. The zero-order valence-electron chi connectivity index (χ0n) is 18.7. The van der Waals surface area contributed by atoms with Crippen molar-refractivity contribution < 1.29 is 18.7 Å². The molecule has 0 fully saturated rings. The zero-order valence-corrected chi connectivity index (χ0v) is 18.7. The number of halogens is 1. The molecule has 1 aliphatic carbocycles. The molecule has 4 nitrogen and oxygen atoms in total. The lowest BCUT2D eigenvalue weighted by Crippen LogP contribution is -2.54. The van der Waals surface area contributed by atoms with Gasteiger partial charge in [-0.05, 0) is 68.0 Å². The Bertz CT molecular complexity index is 982. The van der Waals surface area contributed by atoms with Crippen LogP contribution < -0.4 is 4.90 Å². The van der Waals surface area contributed by atoms with Gasteiger partial charge < -0.3 is 9.64 Å². The predicted octanol–water partition coefficient (Wildman–Crippen LogP) is 5.47. The van der Waals surface area contributed by atoms with Crippen LogP contribution in [0, 0.1) is 11.3 Å². The maximum atomic E-state index is 16.8. The Morgan fingerprint density at radius 1 is 1.23 bits per heavy atom. The molecule has 0 bridgehead atoms. The average Bonchev–Trinajstić information content (AvgIpc) is 2.79. The van der Waals surface area contributed by atoms with E-state index in [4.69, 9.17) is 4.74 Å². The van der Waals surface area contributed by atoms with Crippen molar-refractivity contribution in [3.05, 3.63) is 77.9 Å². The van der Waals surface area contributed by atoms with Gasteiger partial charge in [0.2, 0.25) is 5.91 Å². The zero-order chi connectivity index (χ0) is 22.8. The van der Waals surface area contributed by atoms with Gasteiger partial charge in [0.15, 0.2) is 5.67 Å². The third-order valence-corrected chi connectivity index (χ3v) is 6.51. The summed E-state index contributed by atoms with van der Waals surface area (Å²) in [4.78, 5) is 27.0. The van der Waals surface area contributed by atoms with Crippen LogP contribution in [-0.2, 0) is 21.6 Å². The molecular weight excluding hydrogens is 393 g/mol. The number of benzene rings is 2. The van der Waals surface area contributed by atoms with E-state index in [0.717, 1.165) is 12.0 Å². The van der Waals surface area contributed by atoms with Crippen molar-refractivity contribution >= 4 is 17.6 Å². The van der Waals surface area contributed by atoms with Crippen molar-refractivity contribution in [2.75, 3.05) is 18.6 Å². The number of alkyl halides is 1. The number of aryl methyl sites for hydroxylation is 1. The fraction of sp³-hybridized carbons (Fsp3) is 0.385. The Morgan fingerprint density at radius 3 is 2.52 bits per heavy atom. The topological polar surface area (TPSA) is 46.6 Å². The summed E-state index contributed by atoms with van der Waals surface area (Å²) in [6.45, 7) is 8.90. The number of nitrogens with zero attached hydrogens (tertiary/aromatic N) is 1. The van der Waals surface area contributed by atoms with Crippen molar-refractivity contribution in [2.24, 2.45) is 11.3 Å². The number of fused-ring (bicyclic) bond motifs is 1. The maximum absolute atomic E-state index is 16.8. The second-order valence-electron chi connectivity index (χ2n) is 8.73. The van der Waals surface area contributed by atoms with Crippen LogP contribution in [0.5, 0.6) is 0 Å². The lowest BCUT2D eigenvalue weighted by Gasteiger charge is -2.48. The highest BCUT2D eigenvalue weighted by atomic mass is 19.1. The number of anilines is 1. The summed E-state index contributed by atoms with van der Waals surface area (Å²) in [5, 5.41) is 0. The van der Waals surface area contributed by atoms with Gasteiger partial charge in [0, 0.05) is 12.7 Å². The summed E-state index contributed by atoms with van der Waals surface area (Å²) in [6, 6.07) is 14.0. The second kappa shape index (κ2) is 8.66. The summed E-state index contributed by atoms with van der Waals surface area (Å²) in [6.07, 6.45) is 3.00. The molecule has 2 unspecified atom stereocenters. The third kappa shape index (κ3) is 3.89. The van der Waals surface area contributed by atoms with Crippen molar-refractivity contribution in [3.8, 4) is 0 Å². The first-order valence-electron chi connectivity index (χ1n) is 10.6. The van der Waals surface area contributed by atoms with Gasteiger partial charge in [0.05, 0.1) is 11.0 Å². The minimum absolute atomic E-state index is 0.130. The molecule has 2 atom stereocenters. The van der Waals surface area contributed by atoms with E-state index < -0.39 is 17.1 Å². The van der Waals surface area contributed by atoms with E-state index in [9.17, 15) is 9.59 Å². The first kappa shape index (κ1) is 22.7. The maximum Gasteiger partial charge on any atom is 0.338 e. The van der Waals surface area contributed by atoms with Gasteiger partial charge in [-0.2, -0.15) is 0 Å². The van der Waals surface area contributed by atoms with Crippen LogP contribution >= 0.6 is 0 Å². The minimum Gasteiger partial charge on any atom is -0.458 e. The van der Waals surface area contributed by atoms with E-state index in [1.165, 1.54) is 11.0 Å². The number of hydrogen-bond donors (Lipinski definition) is 0. The summed E-state index contributed by atoms with van der Waals surface area (Å²) in [5.41, 5.74) is -0.544. The monoisotopic (exact) mass is 423 g/mol. The van der Waals surface area contributed by atoms with E-state index in [0.29, 0.717) is 23.2 Å². The van der Waals surface area contributed by atoms with Crippen LogP contribution in [0.3, 0.4) is 0 Å². The quantitative estimate of drug-likeness (QED) is 0.457. The number of hydrogen-bond acceptors (Lipinski definition) is 3. The summed E-state index contributed by atoms with van der Waals surface area (Å²) in [5.74, 6) is -1.08. The summed E-state index contributed by atoms with van der Waals surface area (Å²) in [7, 11) is 1.64. The molecule has 5 heteroatoms. The highest BCUT2D eigenvalue weighted by Gasteiger charge is 2.57. The molecule has 2 aromatic carbocycles. The van der Waals surface area contributed by atoms with Gasteiger partial charge in [-0.15, -0.1) is 0 Å². The van der Waals surface area contributed by atoms with Gasteiger partial charge in [0.25, 0.3) is 0 Å². The normalized spacial score (nSPS) is 20.5. The number of rotatable bonds is 6. The Balaban J connectivity index is 1.89. The number of amides is 1. The Kier molecular flexibility index (Phi) is 6.35. The number of carbonyl (C=O) groups excluding carboxylic acids is 2. The largest absolute Gasteiger partial charge is 0.458 e. The summed E-state index contributed by atoms with van der Waals surface area (Å²) < 4.78 is 21.9. The molecule has 2 aromatic rings. The van der Waals surface area contributed by atoms with E-state index in [1.807, 2.05) is 31.2 Å². The molecule has 1 amide bonds. The SMILES string of the molecule is C=CCOC(=O)c1ccc(N(C)C(=O)C(C)(C)C2(F)c3ccccc3CCC2C)cc1. The molecule has 0 aromatic heterocycles. The van der Waals surface area contributed by atoms with E-state index >= 15 is 4.39 Å². The lowest BCUT2D eigenvalue weighted by atomic mass is 9.60. The molecule has 0 spiro atoms. The molecule has 31 heavy (non-hydrogen) atoms. The van der Waals surface area contributed by atoms with Crippen molar-refractivity contribution in [2.45, 2.75) is 39.3 Å². The molecule has 0 N–H and O–H groups in total. The molecule has 0 saturated carbocycles. The Hall–Kier alpha value is -2.95. The summed E-state index contributed by atoms with van der Waals surface area (Å²) >= 11 is 0. The Labute approximate surface area is 183 Å². The Morgan fingerprint density at radius 2 is 1.87 bits per heavy atom. The van der Waals surface area contributed by atoms with Crippen LogP contribution in [0.15, 0.2) is 61.2 Å². The molecule has 3 rings (SSSR count). The fourth-order valence-electron chi connectivity index (χ4n) is 4.61. The number of ether oxygens (including phenoxy) is 1. The van der Waals surface area contributed by atoms with E-state index in [-0.39, 0.29) is 18.4 Å². The van der Waals surface area contributed by atoms with E-state index in [2.05, 4.69) is 6.58 Å². The third-order valence-electron chi connectivity index (χ3n) is 6.51. The molecule has 1 aliphatic rings. The lowest BCUT2D eigenvalue weighted by molar-refractivity contribution is -0.141. The van der Waals surface area contributed by atoms with Gasteiger partial charge in [-0.1, -0.05) is 43.8 Å². The van der Waals surface area contributed by atoms with Crippen LogP contribution in [0.2, 0.25) is 0 Å². The first-order chi connectivity index (χ1) is 14.6. The van der Waals surface area contributed by atoms with Gasteiger partial charge in [0.1, 0.15) is 6.61 Å². The van der Waals surface area contributed by atoms with Crippen LogP contribution in [0.25, 0.3) is 0 Å². The molecule has 164 valence electrons. The highest BCUT2D eigenvalue weighted by Crippen LogP contribution is 2.54. The van der Waals surface area contributed by atoms with Gasteiger partial charge >= 0.3 is 5.97 Å². The van der Waals surface area contributed by atoms with Crippen molar-refractivity contribution in [1.82, 2.24) is 0 Å². The molecule has 0 saturated heterocycles. The minimum atomic E-state index is -1.79. The van der Waals surface area contributed by atoms with Gasteiger partial charge in [-0.3, -0.25) is 4.79 Å². The first-order valence-corrected chi connectivity index (χ1v) is 10.6. The molecule has 0 aliphatic heterocycles. The number of carbonyl (C=O) groups is 2. The van der Waals surface area contributed by atoms with Crippen molar-refractivity contribution in [3.63, 3.8) is 0 Å². The average molecular weight is 424 g/mol. The highest BCUT2D eigenvalue weighted by molar-refractivity contribution is 5.98. The van der Waals surface area contributed by atoms with Crippen molar-refractivity contribution in [1.29, 1.82) is 0 Å². The molecule has 0 heterocycles. The molecular formula is C26H30FNO3. The van der Waals surface area contributed by atoms with E-state index in [1.54, 1.807) is 45.2 Å². The van der Waals surface area contributed by atoms with Gasteiger partial charge in [-0.25, -0.2) is 9.18 Å². The number of esters is 1. The van der Waals surface area contributed by atoms with Crippen LogP contribution in [0.1, 0.15) is 48.7 Å². The van der Waals surface area contributed by atoms with Crippen LogP contribution in [-0.4, -0.2) is 25.5 Å². The fourth-order valence-corrected chi connectivity index (χ4v) is 4.61. The second-order valence-corrected chi connectivity index (χ2v) is 8.73. The standard InChI is InChI=1S/C26H30FNO3/c1-6-17-31-23(29)20-13-15-21(16-14-20)28(5)24(30)25(3,4)26(27)18(2)11-12-19-9-7-8-10-22(19)26/h6-10,13-16,18H,1,11-12,17H2,2-5H3. The smallest absolute Gasteiger partial charge is 0.338 e. The van der Waals surface area contributed by atoms with Crippen LogP contribution in [0.4, 0.5) is 10.1 Å². The predicted molar refractivity (Wildman–Crippen MR) is 121 cm³/mol.